The van der Waals surface area contributed by atoms with Crippen LogP contribution in [0.1, 0.15) is 54.7 Å². The standard InChI is InChI=1S/C32H37NO11/c1-15(2)7-8-17-13-18(9-11-21(17)34)22(35)14-20-24(36)19-10-12-23(16(3)26(19)42-29(20)38)41-30-25(37)27(43-31(33)39)28(40-6)32(4,5)44-30/h7,9-13,25,27-28,30,34,36-37H,8,14H2,1-6H3,(H2,33,39)/t25?,27-,28-,30-/m1/s1. The number of Topliss-reactive ketones (excluding diaryl/α,β-unsaturated/α-hetero) is 1. The molecule has 12 heteroatoms. The van der Waals surface area contributed by atoms with Crippen LogP contribution in [0.5, 0.6) is 17.2 Å². The van der Waals surface area contributed by atoms with Gasteiger partial charge >= 0.3 is 11.7 Å². The van der Waals surface area contributed by atoms with Crippen molar-refractivity contribution in [1.82, 2.24) is 0 Å². The van der Waals surface area contributed by atoms with Crippen LogP contribution in [0, 0.1) is 6.92 Å². The number of nitrogens with two attached hydrogens (primary N) is 1. The van der Waals surface area contributed by atoms with E-state index in [-0.39, 0.29) is 33.6 Å². The molecule has 5 N–H and O–H groups in total. The summed E-state index contributed by atoms with van der Waals surface area (Å²) in [6.45, 7) is 8.75. The maximum Gasteiger partial charge on any atom is 0.404 e. The maximum absolute atomic E-state index is 13.1. The van der Waals surface area contributed by atoms with Crippen LogP contribution < -0.4 is 16.1 Å². The van der Waals surface area contributed by atoms with Gasteiger partial charge in [0, 0.05) is 24.7 Å². The number of carbonyl (C=O) groups excluding carboxylic acids is 2. The van der Waals surface area contributed by atoms with Gasteiger partial charge in [-0.3, -0.25) is 4.79 Å². The minimum absolute atomic E-state index is 0.000829. The Labute approximate surface area is 253 Å². The highest BCUT2D eigenvalue weighted by Gasteiger charge is 2.53. The van der Waals surface area contributed by atoms with Crippen LogP contribution in [0.15, 0.2) is 51.2 Å². The highest BCUT2D eigenvalue weighted by molar-refractivity contribution is 5.99. The summed E-state index contributed by atoms with van der Waals surface area (Å²) in [5, 5.41) is 32.3. The first-order valence-corrected chi connectivity index (χ1v) is 13.9. The lowest BCUT2D eigenvalue weighted by atomic mass is 9.89. The van der Waals surface area contributed by atoms with Crippen molar-refractivity contribution in [2.75, 3.05) is 7.11 Å². The zero-order chi connectivity index (χ0) is 32.5. The molecule has 236 valence electrons. The second kappa shape index (κ2) is 12.7. The third kappa shape index (κ3) is 6.57. The first kappa shape index (κ1) is 32.5. The number of ketones is 1. The summed E-state index contributed by atoms with van der Waals surface area (Å²) < 4.78 is 28.0. The number of rotatable bonds is 9. The first-order chi connectivity index (χ1) is 20.6. The van der Waals surface area contributed by atoms with Gasteiger partial charge in [-0.15, -0.1) is 0 Å². The summed E-state index contributed by atoms with van der Waals surface area (Å²) >= 11 is 0. The lowest BCUT2D eigenvalue weighted by molar-refractivity contribution is -0.304. The molecule has 1 aromatic heterocycles. The molecule has 1 amide bonds. The van der Waals surface area contributed by atoms with E-state index >= 15 is 0 Å². The highest BCUT2D eigenvalue weighted by atomic mass is 16.7. The SMILES string of the molecule is CO[C@@H]1[C@H](OC(N)=O)C(O)[C@H](Oc2ccc3c(O)c(CC(=O)c4ccc(O)c(CC=C(C)C)c4)c(=O)oc3c2C)OC1(C)C. The van der Waals surface area contributed by atoms with Gasteiger partial charge in [0.05, 0.1) is 16.6 Å². The smallest absolute Gasteiger partial charge is 0.404 e. The maximum atomic E-state index is 13.1. The fourth-order valence-corrected chi connectivity index (χ4v) is 5.26. The van der Waals surface area contributed by atoms with E-state index in [1.807, 2.05) is 19.9 Å². The minimum atomic E-state index is -1.51. The number of carbonyl (C=O) groups is 2. The Morgan fingerprint density at radius 2 is 1.84 bits per heavy atom. The van der Waals surface area contributed by atoms with Gasteiger partial charge in [-0.1, -0.05) is 11.6 Å². The van der Waals surface area contributed by atoms with Crippen molar-refractivity contribution in [2.45, 2.75) is 77.7 Å². The van der Waals surface area contributed by atoms with Gasteiger partial charge in [-0.2, -0.15) is 0 Å². The number of aliphatic hydroxyl groups is 1. The molecule has 4 rings (SSSR count). The quantitative estimate of drug-likeness (QED) is 0.157. The van der Waals surface area contributed by atoms with Crippen molar-refractivity contribution in [3.8, 4) is 17.2 Å². The average Bonchev–Trinajstić information content (AvgIpc) is 2.94. The van der Waals surface area contributed by atoms with Gasteiger partial charge < -0.3 is 44.4 Å². The summed E-state index contributed by atoms with van der Waals surface area (Å²) in [7, 11) is 1.37. The van der Waals surface area contributed by atoms with Crippen molar-refractivity contribution >= 4 is 22.8 Å². The van der Waals surface area contributed by atoms with E-state index in [0.29, 0.717) is 17.5 Å². The van der Waals surface area contributed by atoms with E-state index in [2.05, 4.69) is 0 Å². The van der Waals surface area contributed by atoms with Gasteiger partial charge in [0.2, 0.25) is 6.29 Å². The zero-order valence-electron chi connectivity index (χ0n) is 25.4. The molecule has 0 saturated carbocycles. The molecule has 0 aliphatic carbocycles. The van der Waals surface area contributed by atoms with E-state index in [0.717, 1.165) is 5.57 Å². The van der Waals surface area contributed by atoms with Crippen LogP contribution in [-0.4, -0.2) is 64.5 Å². The van der Waals surface area contributed by atoms with Crippen LogP contribution >= 0.6 is 0 Å². The zero-order valence-corrected chi connectivity index (χ0v) is 25.4. The van der Waals surface area contributed by atoms with Crippen LogP contribution in [0.2, 0.25) is 0 Å². The number of amides is 1. The Bertz CT molecular complexity index is 1670. The molecule has 0 bridgehead atoms. The van der Waals surface area contributed by atoms with Gasteiger partial charge in [-0.25, -0.2) is 9.59 Å². The second-order valence-corrected chi connectivity index (χ2v) is 11.5. The van der Waals surface area contributed by atoms with Crippen LogP contribution in [-0.2, 0) is 27.1 Å². The third-order valence-corrected chi connectivity index (χ3v) is 7.58. The topological polar surface area (TPSA) is 188 Å². The largest absolute Gasteiger partial charge is 0.508 e. The van der Waals surface area contributed by atoms with Gasteiger partial charge in [0.15, 0.2) is 18.0 Å². The molecule has 2 aromatic carbocycles. The van der Waals surface area contributed by atoms with Crippen molar-refractivity contribution in [2.24, 2.45) is 5.73 Å². The third-order valence-electron chi connectivity index (χ3n) is 7.58. The molecule has 12 nitrogen and oxygen atoms in total. The second-order valence-electron chi connectivity index (χ2n) is 11.5. The summed E-state index contributed by atoms with van der Waals surface area (Å²) in [6, 6.07) is 7.35. The summed E-state index contributed by atoms with van der Waals surface area (Å²) in [5.74, 6) is -0.680. The molecule has 1 unspecified atom stereocenters. The number of phenolic OH excluding ortho intramolecular Hbond substituents is 1. The van der Waals surface area contributed by atoms with Gasteiger partial charge in [-0.05, 0) is 76.9 Å². The van der Waals surface area contributed by atoms with E-state index in [1.54, 1.807) is 26.8 Å². The van der Waals surface area contributed by atoms with Crippen LogP contribution in [0.25, 0.3) is 11.0 Å². The number of methoxy groups -OCH3 is 1. The Balaban J connectivity index is 1.63. The molecule has 1 aliphatic rings. The Morgan fingerprint density at radius 1 is 1.14 bits per heavy atom. The van der Waals surface area contributed by atoms with Crippen molar-refractivity contribution in [3.63, 3.8) is 0 Å². The Morgan fingerprint density at radius 3 is 2.48 bits per heavy atom. The molecule has 1 saturated heterocycles. The van der Waals surface area contributed by atoms with Crippen molar-refractivity contribution < 1.29 is 48.3 Å². The number of allylic oxidation sites excluding steroid dienone is 2. The number of primary amides is 1. The molecule has 2 heterocycles. The number of benzene rings is 2. The predicted molar refractivity (Wildman–Crippen MR) is 159 cm³/mol. The molecule has 1 fully saturated rings. The number of ether oxygens (including phenoxy) is 4. The molecule has 3 aromatic rings. The fourth-order valence-electron chi connectivity index (χ4n) is 5.26. The van der Waals surface area contributed by atoms with Crippen LogP contribution in [0.4, 0.5) is 4.79 Å². The number of aryl methyl sites for hydroxylation is 1. The number of aliphatic hydroxyl groups excluding tert-OH is 1. The molecule has 4 atom stereocenters. The van der Waals surface area contributed by atoms with Gasteiger partial charge in [0.1, 0.15) is 28.9 Å². The number of phenols is 1. The van der Waals surface area contributed by atoms with E-state index in [1.165, 1.54) is 31.4 Å². The molecule has 44 heavy (non-hydrogen) atoms. The Kier molecular flexibility index (Phi) is 9.38. The van der Waals surface area contributed by atoms with Crippen molar-refractivity contribution in [3.05, 3.63) is 74.7 Å². The number of hydrogen-bond donors (Lipinski definition) is 4. The minimum Gasteiger partial charge on any atom is -0.508 e. The summed E-state index contributed by atoms with van der Waals surface area (Å²) in [4.78, 5) is 37.7. The fraction of sp³-hybridized carbons (Fsp3) is 0.406. The molecule has 0 radical (unpaired) electrons. The Hall–Kier alpha value is -4.39. The molecule has 1 aliphatic heterocycles. The van der Waals surface area contributed by atoms with E-state index in [9.17, 15) is 29.7 Å². The highest BCUT2D eigenvalue weighted by Crippen LogP contribution is 2.38. The van der Waals surface area contributed by atoms with Crippen molar-refractivity contribution in [1.29, 1.82) is 0 Å². The van der Waals surface area contributed by atoms with E-state index < -0.39 is 59.9 Å². The first-order valence-electron chi connectivity index (χ1n) is 13.9. The lowest BCUT2D eigenvalue weighted by Crippen LogP contribution is -2.65. The van der Waals surface area contributed by atoms with Crippen LogP contribution in [0.3, 0.4) is 0 Å². The predicted octanol–water partition coefficient (Wildman–Crippen LogP) is 3.80. The molecular formula is C32H37NO11. The summed E-state index contributed by atoms with van der Waals surface area (Å²) in [6.07, 6.45) is -4.15. The van der Waals surface area contributed by atoms with E-state index in [4.69, 9.17) is 29.1 Å². The average molecular weight is 612 g/mol. The number of fused-ring (bicyclic) bond motifs is 1. The normalized spacial score (nSPS) is 21.1. The molecular weight excluding hydrogens is 574 g/mol. The van der Waals surface area contributed by atoms with Gasteiger partial charge in [0.25, 0.3) is 0 Å². The number of hydrogen-bond acceptors (Lipinski definition) is 11. The summed E-state index contributed by atoms with van der Waals surface area (Å²) in [5.41, 5.74) is 5.15. The monoisotopic (exact) mass is 611 g/mol. The lowest BCUT2D eigenvalue weighted by Gasteiger charge is -2.47. The molecule has 0 spiro atoms. The number of aromatic hydroxyl groups is 2.